The van der Waals surface area contributed by atoms with Crippen molar-refractivity contribution in [2.45, 2.75) is 31.1 Å². The lowest BCUT2D eigenvalue weighted by Crippen LogP contribution is -2.43. The Bertz CT molecular complexity index is 545. The van der Waals surface area contributed by atoms with E-state index in [1.165, 1.54) is 24.3 Å². The first kappa shape index (κ1) is 15.2. The van der Waals surface area contributed by atoms with Crippen molar-refractivity contribution in [2.24, 2.45) is 0 Å². The monoisotopic (exact) mass is 305 g/mol. The molecule has 0 aliphatic carbocycles. The summed E-state index contributed by atoms with van der Waals surface area (Å²) < 4.78 is 24.6. The Kier molecular flexibility index (Phi) is 4.55. The van der Waals surface area contributed by atoms with Crippen molar-refractivity contribution < 1.29 is 18.7 Å². The van der Waals surface area contributed by atoms with Gasteiger partial charge in [-0.15, -0.1) is 6.58 Å². The van der Waals surface area contributed by atoms with Crippen molar-refractivity contribution in [1.82, 2.24) is 4.90 Å². The van der Waals surface area contributed by atoms with Crippen LogP contribution in [-0.4, -0.2) is 48.8 Å². The van der Waals surface area contributed by atoms with Gasteiger partial charge in [-0.25, -0.2) is 4.39 Å². The molecule has 0 unspecified atom stereocenters. The number of hydrogen-bond acceptors (Lipinski definition) is 3. The molecule has 2 saturated heterocycles. The average molecular weight is 305 g/mol. The van der Waals surface area contributed by atoms with Gasteiger partial charge in [-0.3, -0.25) is 4.79 Å². The number of carbonyl (C=O) groups is 1. The molecule has 0 N–H and O–H groups in total. The molecule has 118 valence electrons. The highest BCUT2D eigenvalue weighted by Crippen LogP contribution is 2.31. The summed E-state index contributed by atoms with van der Waals surface area (Å²) >= 11 is 0. The fraction of sp³-hybridized carbons (Fsp3) is 0.471. The average Bonchev–Trinajstić information content (AvgIpc) is 2.92. The summed E-state index contributed by atoms with van der Waals surface area (Å²) in [4.78, 5) is 14.5. The number of likely N-dealkylation sites (tertiary alicyclic amines) is 1. The number of amides is 1. The predicted octanol–water partition coefficient (Wildman–Crippen LogP) is 2.40. The summed E-state index contributed by atoms with van der Waals surface area (Å²) in [5, 5.41) is 0. The molecule has 5 heteroatoms. The van der Waals surface area contributed by atoms with Crippen molar-refractivity contribution in [1.29, 1.82) is 0 Å². The Balaban J connectivity index is 1.78. The molecule has 1 aromatic carbocycles. The number of hydrogen-bond donors (Lipinski definition) is 0. The van der Waals surface area contributed by atoms with Crippen LogP contribution in [-0.2, 0) is 9.47 Å². The number of benzene rings is 1. The Labute approximate surface area is 129 Å². The molecule has 0 aromatic heterocycles. The van der Waals surface area contributed by atoms with E-state index < -0.39 is 0 Å². The lowest BCUT2D eigenvalue weighted by molar-refractivity contribution is -0.0708. The molecule has 1 amide bonds. The Morgan fingerprint density at radius 3 is 2.95 bits per heavy atom. The van der Waals surface area contributed by atoms with E-state index in [-0.39, 0.29) is 30.0 Å². The maximum Gasteiger partial charge on any atom is 0.254 e. The van der Waals surface area contributed by atoms with Crippen LogP contribution in [0.2, 0.25) is 0 Å². The molecule has 1 aromatic rings. The topological polar surface area (TPSA) is 38.8 Å². The van der Waals surface area contributed by atoms with E-state index in [0.29, 0.717) is 25.3 Å². The molecule has 3 rings (SSSR count). The minimum Gasteiger partial charge on any atom is -0.373 e. The Morgan fingerprint density at radius 2 is 2.23 bits per heavy atom. The van der Waals surface area contributed by atoms with Gasteiger partial charge in [0.1, 0.15) is 18.0 Å². The molecule has 4 nitrogen and oxygen atoms in total. The molecule has 0 spiro atoms. The molecule has 22 heavy (non-hydrogen) atoms. The van der Waals surface area contributed by atoms with E-state index in [4.69, 9.17) is 9.47 Å². The van der Waals surface area contributed by atoms with E-state index in [0.717, 1.165) is 12.8 Å². The van der Waals surface area contributed by atoms with E-state index in [2.05, 4.69) is 6.58 Å². The minimum atomic E-state index is -0.343. The minimum absolute atomic E-state index is 0.0288. The van der Waals surface area contributed by atoms with Gasteiger partial charge in [0, 0.05) is 12.2 Å². The van der Waals surface area contributed by atoms with E-state index in [1.54, 1.807) is 6.08 Å². The standard InChI is InChI=1S/C17H20FNO3/c1-2-9-21-15-11-19(14-4-3-10-22-16(14)15)17(20)12-5-7-13(18)8-6-12/h2,5-8,14-16H,1,3-4,9-11H2/t14-,15+,16+/m0/s1. The van der Waals surface area contributed by atoms with E-state index in [1.807, 2.05) is 4.90 Å². The zero-order valence-corrected chi connectivity index (χ0v) is 12.4. The van der Waals surface area contributed by atoms with Crippen LogP contribution in [0.25, 0.3) is 0 Å². The Morgan fingerprint density at radius 1 is 1.45 bits per heavy atom. The van der Waals surface area contributed by atoms with Crippen LogP contribution in [0.3, 0.4) is 0 Å². The van der Waals surface area contributed by atoms with Crippen LogP contribution in [0.5, 0.6) is 0 Å². The highest BCUT2D eigenvalue weighted by atomic mass is 19.1. The third kappa shape index (κ3) is 2.91. The Hall–Kier alpha value is -1.72. The SMILES string of the molecule is C=CCO[C@@H]1CN(C(=O)c2ccc(F)cc2)[C@H]2CCCO[C@@H]12. The van der Waals surface area contributed by atoms with Gasteiger partial charge in [0.05, 0.1) is 19.2 Å². The largest absolute Gasteiger partial charge is 0.373 e. The van der Waals surface area contributed by atoms with Crippen molar-refractivity contribution >= 4 is 5.91 Å². The van der Waals surface area contributed by atoms with Gasteiger partial charge in [-0.1, -0.05) is 6.08 Å². The van der Waals surface area contributed by atoms with Gasteiger partial charge in [0.15, 0.2) is 0 Å². The molecule has 2 aliphatic heterocycles. The summed E-state index contributed by atoms with van der Waals surface area (Å²) in [6, 6.07) is 5.69. The smallest absolute Gasteiger partial charge is 0.254 e. The van der Waals surface area contributed by atoms with Gasteiger partial charge < -0.3 is 14.4 Å². The van der Waals surface area contributed by atoms with Crippen molar-refractivity contribution in [3.8, 4) is 0 Å². The quantitative estimate of drug-likeness (QED) is 0.802. The highest BCUT2D eigenvalue weighted by Gasteiger charge is 2.46. The summed E-state index contributed by atoms with van der Waals surface area (Å²) in [6.45, 7) is 5.30. The highest BCUT2D eigenvalue weighted by molar-refractivity contribution is 5.94. The van der Waals surface area contributed by atoms with Crippen LogP contribution in [0, 0.1) is 5.82 Å². The summed E-state index contributed by atoms with van der Waals surface area (Å²) in [5.41, 5.74) is 0.495. The first-order chi connectivity index (χ1) is 10.7. The van der Waals surface area contributed by atoms with Gasteiger partial charge in [-0.05, 0) is 37.1 Å². The molecule has 2 aliphatic rings. The maximum atomic E-state index is 13.0. The predicted molar refractivity (Wildman–Crippen MR) is 80.1 cm³/mol. The number of fused-ring (bicyclic) bond motifs is 1. The lowest BCUT2D eigenvalue weighted by atomic mass is 10.0. The zero-order valence-electron chi connectivity index (χ0n) is 12.4. The molecule has 0 radical (unpaired) electrons. The second-order valence-corrected chi connectivity index (χ2v) is 5.67. The molecule has 2 heterocycles. The molecule has 2 fully saturated rings. The number of ether oxygens (including phenoxy) is 2. The first-order valence-corrected chi connectivity index (χ1v) is 7.61. The van der Waals surface area contributed by atoms with Crippen molar-refractivity contribution in [2.75, 3.05) is 19.8 Å². The van der Waals surface area contributed by atoms with E-state index in [9.17, 15) is 9.18 Å². The molecular formula is C17H20FNO3. The number of halogens is 1. The third-order valence-electron chi connectivity index (χ3n) is 4.26. The third-order valence-corrected chi connectivity index (χ3v) is 4.26. The van der Waals surface area contributed by atoms with E-state index >= 15 is 0 Å². The fourth-order valence-corrected chi connectivity index (χ4v) is 3.24. The first-order valence-electron chi connectivity index (χ1n) is 7.61. The van der Waals surface area contributed by atoms with Gasteiger partial charge in [0.25, 0.3) is 5.91 Å². The number of carbonyl (C=O) groups excluding carboxylic acids is 1. The van der Waals surface area contributed by atoms with Crippen LogP contribution in [0.15, 0.2) is 36.9 Å². The zero-order chi connectivity index (χ0) is 15.5. The summed E-state index contributed by atoms with van der Waals surface area (Å²) in [5.74, 6) is -0.436. The molecule has 0 saturated carbocycles. The molecule has 0 bridgehead atoms. The van der Waals surface area contributed by atoms with Crippen LogP contribution in [0.4, 0.5) is 4.39 Å². The summed E-state index contributed by atoms with van der Waals surface area (Å²) in [6.07, 6.45) is 3.32. The van der Waals surface area contributed by atoms with Gasteiger partial charge >= 0.3 is 0 Å². The van der Waals surface area contributed by atoms with Gasteiger partial charge in [-0.2, -0.15) is 0 Å². The fourth-order valence-electron chi connectivity index (χ4n) is 3.24. The normalized spacial score (nSPS) is 27.5. The van der Waals surface area contributed by atoms with Crippen molar-refractivity contribution in [3.63, 3.8) is 0 Å². The summed E-state index contributed by atoms with van der Waals surface area (Å²) in [7, 11) is 0. The number of nitrogens with zero attached hydrogens (tertiary/aromatic N) is 1. The lowest BCUT2D eigenvalue weighted by Gasteiger charge is -2.32. The van der Waals surface area contributed by atoms with Gasteiger partial charge in [0.2, 0.25) is 0 Å². The van der Waals surface area contributed by atoms with Crippen molar-refractivity contribution in [3.05, 3.63) is 48.3 Å². The van der Waals surface area contributed by atoms with Crippen LogP contribution < -0.4 is 0 Å². The van der Waals surface area contributed by atoms with Crippen LogP contribution >= 0.6 is 0 Å². The number of rotatable bonds is 4. The second kappa shape index (κ2) is 6.58. The molecular weight excluding hydrogens is 285 g/mol. The second-order valence-electron chi connectivity index (χ2n) is 5.67. The molecule has 3 atom stereocenters. The maximum absolute atomic E-state index is 13.0. The van der Waals surface area contributed by atoms with Crippen LogP contribution in [0.1, 0.15) is 23.2 Å².